The van der Waals surface area contributed by atoms with E-state index in [1.807, 2.05) is 25.1 Å². The lowest BCUT2D eigenvalue weighted by Crippen LogP contribution is -1.97. The molecule has 0 aliphatic rings. The number of hydrogen-bond acceptors (Lipinski definition) is 2. The highest BCUT2D eigenvalue weighted by molar-refractivity contribution is 6.31. The molecule has 2 rings (SSSR count). The van der Waals surface area contributed by atoms with Gasteiger partial charge in [-0.15, -0.1) is 0 Å². The van der Waals surface area contributed by atoms with Gasteiger partial charge in [0.2, 0.25) is 0 Å². The predicted molar refractivity (Wildman–Crippen MR) is 76.7 cm³/mol. The topological polar surface area (TPSA) is 33.0 Å². The third-order valence-electron chi connectivity index (χ3n) is 2.71. The van der Waals surface area contributed by atoms with Crippen LogP contribution >= 0.6 is 23.2 Å². The fourth-order valence-electron chi connectivity index (χ4n) is 1.60. The van der Waals surface area contributed by atoms with Crippen molar-refractivity contribution in [3.8, 4) is 11.8 Å². The Morgan fingerprint density at radius 2 is 1.89 bits per heavy atom. The fourth-order valence-corrected chi connectivity index (χ4v) is 1.95. The van der Waals surface area contributed by atoms with Gasteiger partial charge < -0.3 is 4.74 Å². The average Bonchev–Trinajstić information content (AvgIpc) is 2.41. The van der Waals surface area contributed by atoms with Crippen LogP contribution in [0.15, 0.2) is 36.4 Å². The number of hydrogen-bond donors (Lipinski definition) is 0. The van der Waals surface area contributed by atoms with Crippen molar-refractivity contribution < 1.29 is 4.74 Å². The molecule has 0 amide bonds. The molecule has 0 aliphatic carbocycles. The zero-order valence-corrected chi connectivity index (χ0v) is 11.8. The highest BCUT2D eigenvalue weighted by Crippen LogP contribution is 2.23. The van der Waals surface area contributed by atoms with Gasteiger partial charge in [-0.3, -0.25) is 0 Å². The van der Waals surface area contributed by atoms with Gasteiger partial charge in [0.15, 0.2) is 0 Å². The molecule has 0 aromatic heterocycles. The Kier molecular flexibility index (Phi) is 4.31. The maximum Gasteiger partial charge on any atom is 0.120 e. The maximum absolute atomic E-state index is 8.76. The summed E-state index contributed by atoms with van der Waals surface area (Å²) >= 11 is 12.0. The molecule has 0 N–H and O–H groups in total. The number of ether oxygens (including phenoxy) is 1. The van der Waals surface area contributed by atoms with Crippen LogP contribution in [0.1, 0.15) is 16.7 Å². The first-order valence-electron chi connectivity index (χ1n) is 5.67. The lowest BCUT2D eigenvalue weighted by Gasteiger charge is -2.09. The van der Waals surface area contributed by atoms with Crippen LogP contribution in [0.25, 0.3) is 0 Å². The quantitative estimate of drug-likeness (QED) is 0.817. The van der Waals surface area contributed by atoms with Gasteiger partial charge in [0.05, 0.1) is 11.6 Å². The number of nitriles is 1. The smallest absolute Gasteiger partial charge is 0.120 e. The van der Waals surface area contributed by atoms with Crippen molar-refractivity contribution in [3.05, 3.63) is 63.1 Å². The average molecular weight is 292 g/mol. The van der Waals surface area contributed by atoms with Crippen molar-refractivity contribution in [2.75, 3.05) is 0 Å². The van der Waals surface area contributed by atoms with Gasteiger partial charge in [-0.2, -0.15) is 5.26 Å². The van der Waals surface area contributed by atoms with Crippen molar-refractivity contribution >= 4 is 23.2 Å². The first-order chi connectivity index (χ1) is 9.10. The minimum Gasteiger partial charge on any atom is -0.489 e. The molecule has 2 nitrogen and oxygen atoms in total. The second kappa shape index (κ2) is 5.97. The Bertz CT molecular complexity index is 647. The summed E-state index contributed by atoms with van der Waals surface area (Å²) in [5, 5.41) is 10.0. The van der Waals surface area contributed by atoms with Crippen molar-refractivity contribution in [2.24, 2.45) is 0 Å². The Morgan fingerprint density at radius 1 is 1.11 bits per heavy atom. The zero-order valence-electron chi connectivity index (χ0n) is 10.3. The van der Waals surface area contributed by atoms with Crippen molar-refractivity contribution in [1.82, 2.24) is 0 Å². The van der Waals surface area contributed by atoms with Crippen LogP contribution in [-0.4, -0.2) is 0 Å². The van der Waals surface area contributed by atoms with Crippen LogP contribution in [0.3, 0.4) is 0 Å². The summed E-state index contributed by atoms with van der Waals surface area (Å²) in [5.74, 6) is 0.738. The van der Waals surface area contributed by atoms with Crippen LogP contribution < -0.4 is 4.74 Å². The molecule has 0 radical (unpaired) electrons. The highest BCUT2D eigenvalue weighted by atomic mass is 35.5. The molecule has 2 aromatic carbocycles. The second-order valence-corrected chi connectivity index (χ2v) is 4.93. The van der Waals surface area contributed by atoms with Crippen LogP contribution in [0.4, 0.5) is 0 Å². The summed E-state index contributed by atoms with van der Waals surface area (Å²) < 4.78 is 5.66. The van der Waals surface area contributed by atoms with Gasteiger partial charge in [0.1, 0.15) is 12.4 Å². The van der Waals surface area contributed by atoms with E-state index in [9.17, 15) is 0 Å². The van der Waals surface area contributed by atoms with Gasteiger partial charge in [0.25, 0.3) is 0 Å². The van der Waals surface area contributed by atoms with E-state index >= 15 is 0 Å². The Hall–Kier alpha value is -1.69. The van der Waals surface area contributed by atoms with E-state index in [1.54, 1.807) is 24.3 Å². The molecular weight excluding hydrogens is 281 g/mol. The molecule has 0 saturated heterocycles. The van der Waals surface area contributed by atoms with E-state index < -0.39 is 0 Å². The standard InChI is InChI=1S/C15H11Cl2NO/c1-10-6-13(4-5-14(10)16)19-9-12-3-2-11(8-18)7-15(12)17/h2-7H,9H2,1H3. The Balaban J connectivity index is 2.10. The van der Waals surface area contributed by atoms with E-state index in [0.717, 1.165) is 16.9 Å². The maximum atomic E-state index is 8.76. The molecule has 19 heavy (non-hydrogen) atoms. The number of nitrogens with zero attached hydrogens (tertiary/aromatic N) is 1. The first-order valence-corrected chi connectivity index (χ1v) is 6.43. The molecule has 4 heteroatoms. The molecular formula is C15H11Cl2NO. The van der Waals surface area contributed by atoms with Crippen molar-refractivity contribution in [1.29, 1.82) is 5.26 Å². The lowest BCUT2D eigenvalue weighted by atomic mass is 10.1. The highest BCUT2D eigenvalue weighted by Gasteiger charge is 2.04. The normalized spacial score (nSPS) is 10.0. The third-order valence-corrected chi connectivity index (χ3v) is 3.48. The third kappa shape index (κ3) is 3.41. The van der Waals surface area contributed by atoms with E-state index in [-0.39, 0.29) is 0 Å². The molecule has 0 saturated carbocycles. The minimum atomic E-state index is 0.353. The molecule has 96 valence electrons. The summed E-state index contributed by atoms with van der Waals surface area (Å²) in [6.45, 7) is 2.27. The number of aryl methyl sites for hydroxylation is 1. The van der Waals surface area contributed by atoms with Crippen LogP contribution in [0, 0.1) is 18.3 Å². The lowest BCUT2D eigenvalue weighted by molar-refractivity contribution is 0.306. The van der Waals surface area contributed by atoms with Gasteiger partial charge in [-0.25, -0.2) is 0 Å². The zero-order chi connectivity index (χ0) is 13.8. The molecule has 2 aromatic rings. The molecule has 0 bridgehead atoms. The largest absolute Gasteiger partial charge is 0.489 e. The molecule has 0 atom stereocenters. The number of halogens is 2. The molecule has 0 aliphatic heterocycles. The second-order valence-electron chi connectivity index (χ2n) is 4.12. The van der Waals surface area contributed by atoms with Crippen LogP contribution in [0.2, 0.25) is 10.0 Å². The summed E-state index contributed by atoms with van der Waals surface area (Å²) in [4.78, 5) is 0. The number of rotatable bonds is 3. The number of benzene rings is 2. The van der Waals surface area contributed by atoms with Gasteiger partial charge in [-0.05, 0) is 42.8 Å². The molecule has 0 fully saturated rings. The SMILES string of the molecule is Cc1cc(OCc2ccc(C#N)cc2Cl)ccc1Cl. The van der Waals surface area contributed by atoms with Gasteiger partial charge in [0, 0.05) is 15.6 Å². The molecule has 0 heterocycles. The minimum absolute atomic E-state index is 0.353. The summed E-state index contributed by atoms with van der Waals surface area (Å²) in [6.07, 6.45) is 0. The summed E-state index contributed by atoms with van der Waals surface area (Å²) in [5.41, 5.74) is 2.34. The van der Waals surface area contributed by atoms with Crippen molar-refractivity contribution in [3.63, 3.8) is 0 Å². The van der Waals surface area contributed by atoms with E-state index in [2.05, 4.69) is 0 Å². The van der Waals surface area contributed by atoms with Crippen molar-refractivity contribution in [2.45, 2.75) is 13.5 Å². The van der Waals surface area contributed by atoms with E-state index in [1.165, 1.54) is 0 Å². The van der Waals surface area contributed by atoms with Gasteiger partial charge in [-0.1, -0.05) is 29.3 Å². The van der Waals surface area contributed by atoms with E-state index in [4.69, 9.17) is 33.2 Å². The Morgan fingerprint density at radius 3 is 2.53 bits per heavy atom. The van der Waals surface area contributed by atoms with E-state index in [0.29, 0.717) is 22.2 Å². The summed E-state index contributed by atoms with van der Waals surface area (Å²) in [6, 6.07) is 12.7. The predicted octanol–water partition coefficient (Wildman–Crippen LogP) is 4.75. The fraction of sp³-hybridized carbons (Fsp3) is 0.133. The van der Waals surface area contributed by atoms with Crippen LogP contribution in [0.5, 0.6) is 5.75 Å². The molecule has 0 spiro atoms. The molecule has 0 unspecified atom stereocenters. The monoisotopic (exact) mass is 291 g/mol. The Labute approximate surface area is 122 Å². The van der Waals surface area contributed by atoms with Crippen LogP contribution in [-0.2, 0) is 6.61 Å². The van der Waals surface area contributed by atoms with Gasteiger partial charge >= 0.3 is 0 Å². The summed E-state index contributed by atoms with van der Waals surface area (Å²) in [7, 11) is 0. The first kappa shape index (κ1) is 13.7.